The van der Waals surface area contributed by atoms with E-state index in [1.807, 2.05) is 42.5 Å². The minimum Gasteiger partial charge on any atom is -0.487 e. The fourth-order valence-electron chi connectivity index (χ4n) is 3.41. The van der Waals surface area contributed by atoms with Gasteiger partial charge >= 0.3 is 0 Å². The van der Waals surface area contributed by atoms with Crippen molar-refractivity contribution in [3.8, 4) is 5.75 Å². The Labute approximate surface area is 186 Å². The van der Waals surface area contributed by atoms with E-state index >= 15 is 0 Å². The molecule has 0 spiro atoms. The number of rotatable bonds is 8. The maximum atomic E-state index is 12.5. The number of nitrogens with one attached hydrogen (secondary N) is 1. The summed E-state index contributed by atoms with van der Waals surface area (Å²) in [6.45, 7) is 0.973. The molecule has 1 aromatic heterocycles. The summed E-state index contributed by atoms with van der Waals surface area (Å²) in [5.41, 5.74) is 3.07. The van der Waals surface area contributed by atoms with Crippen molar-refractivity contribution < 1.29 is 19.1 Å². The maximum Gasteiger partial charge on any atom is 0.251 e. The van der Waals surface area contributed by atoms with Crippen molar-refractivity contribution in [3.05, 3.63) is 95.3 Å². The van der Waals surface area contributed by atoms with Gasteiger partial charge < -0.3 is 10.1 Å². The largest absolute Gasteiger partial charge is 0.487 e. The second-order valence-electron chi connectivity index (χ2n) is 7.51. The van der Waals surface area contributed by atoms with Crippen LogP contribution in [0.25, 0.3) is 0 Å². The van der Waals surface area contributed by atoms with E-state index in [1.165, 1.54) is 4.90 Å². The smallest absolute Gasteiger partial charge is 0.251 e. The van der Waals surface area contributed by atoms with E-state index in [4.69, 9.17) is 4.74 Å². The van der Waals surface area contributed by atoms with Crippen LogP contribution in [0.1, 0.15) is 40.0 Å². The topological polar surface area (TPSA) is 88.6 Å². The van der Waals surface area contributed by atoms with Crippen molar-refractivity contribution in [2.75, 3.05) is 0 Å². The van der Waals surface area contributed by atoms with Gasteiger partial charge in [0.25, 0.3) is 5.91 Å². The fraction of sp³-hybridized carbons (Fsp3) is 0.200. The lowest BCUT2D eigenvalue weighted by Crippen LogP contribution is -2.28. The number of hydrogen-bond acceptors (Lipinski definition) is 5. The summed E-state index contributed by atoms with van der Waals surface area (Å²) in [5, 5.41) is 2.90. The third kappa shape index (κ3) is 5.37. The molecule has 1 N–H and O–H groups in total. The molecular weight excluding hydrogens is 406 g/mol. The Balaban J connectivity index is 1.29. The monoisotopic (exact) mass is 429 g/mol. The number of imide groups is 1. The quantitative estimate of drug-likeness (QED) is 0.556. The number of ether oxygens (including phenoxy) is 1. The van der Waals surface area contributed by atoms with Crippen LogP contribution in [0.2, 0.25) is 0 Å². The van der Waals surface area contributed by atoms with Crippen molar-refractivity contribution in [2.24, 2.45) is 0 Å². The molecule has 7 heteroatoms. The van der Waals surface area contributed by atoms with Gasteiger partial charge in [0.15, 0.2) is 0 Å². The van der Waals surface area contributed by atoms with E-state index < -0.39 is 0 Å². The second kappa shape index (κ2) is 9.87. The number of amides is 3. The van der Waals surface area contributed by atoms with Crippen LogP contribution in [-0.2, 0) is 29.3 Å². The standard InChI is InChI=1S/C25H23N3O4/c29-23-11-12-24(30)28(23)16-18-7-9-20(10-8-18)25(31)27-15-19-4-3-6-22(14-19)32-17-21-5-1-2-13-26-21/h1-10,13-14H,11-12,15-17H2,(H,27,31). The van der Waals surface area contributed by atoms with Crippen LogP contribution in [0.5, 0.6) is 5.75 Å². The molecule has 1 aliphatic rings. The van der Waals surface area contributed by atoms with Gasteiger partial charge in [-0.15, -0.1) is 0 Å². The first-order valence-electron chi connectivity index (χ1n) is 10.4. The Bertz CT molecular complexity index is 1100. The second-order valence-corrected chi connectivity index (χ2v) is 7.51. The Kier molecular flexibility index (Phi) is 6.55. The molecule has 1 aliphatic heterocycles. The molecule has 2 aromatic carbocycles. The maximum absolute atomic E-state index is 12.5. The normalized spacial score (nSPS) is 13.3. The van der Waals surface area contributed by atoms with E-state index in [9.17, 15) is 14.4 Å². The highest BCUT2D eigenvalue weighted by Gasteiger charge is 2.28. The first-order chi connectivity index (χ1) is 15.6. The van der Waals surface area contributed by atoms with Crippen molar-refractivity contribution in [3.63, 3.8) is 0 Å². The number of aromatic nitrogens is 1. The minimum absolute atomic E-state index is 0.150. The molecule has 162 valence electrons. The molecule has 1 fully saturated rings. The number of nitrogens with zero attached hydrogens (tertiary/aromatic N) is 2. The summed E-state index contributed by atoms with van der Waals surface area (Å²) in [4.78, 5) is 41.5. The summed E-state index contributed by atoms with van der Waals surface area (Å²) in [6.07, 6.45) is 2.27. The summed E-state index contributed by atoms with van der Waals surface area (Å²) in [5.74, 6) is 0.202. The number of carbonyl (C=O) groups is 3. The van der Waals surface area contributed by atoms with Crippen molar-refractivity contribution >= 4 is 17.7 Å². The zero-order chi connectivity index (χ0) is 22.3. The summed E-state index contributed by atoms with van der Waals surface area (Å²) in [7, 11) is 0. The molecule has 3 aromatic rings. The predicted octanol–water partition coefficient (Wildman–Crippen LogP) is 3.24. The van der Waals surface area contributed by atoms with Gasteiger partial charge in [0, 0.05) is 31.1 Å². The molecule has 32 heavy (non-hydrogen) atoms. The summed E-state index contributed by atoms with van der Waals surface area (Å²) in [6, 6.07) is 20.1. The molecule has 0 aliphatic carbocycles. The Morgan fingerprint density at radius 3 is 2.44 bits per heavy atom. The average molecular weight is 429 g/mol. The van der Waals surface area contributed by atoms with Gasteiger partial charge in [0.2, 0.25) is 11.8 Å². The molecule has 7 nitrogen and oxygen atoms in total. The van der Waals surface area contributed by atoms with E-state index in [0.717, 1.165) is 16.8 Å². The Hall–Kier alpha value is -4.00. The summed E-state index contributed by atoms with van der Waals surface area (Å²) >= 11 is 0. The van der Waals surface area contributed by atoms with Gasteiger partial charge in [-0.25, -0.2) is 0 Å². The lowest BCUT2D eigenvalue weighted by molar-refractivity contribution is -0.139. The number of carbonyl (C=O) groups excluding carboxylic acids is 3. The molecule has 2 heterocycles. The van der Waals surface area contributed by atoms with Gasteiger partial charge in [-0.3, -0.25) is 24.3 Å². The zero-order valence-electron chi connectivity index (χ0n) is 17.5. The van der Waals surface area contributed by atoms with Crippen LogP contribution in [0, 0.1) is 0 Å². The highest BCUT2D eigenvalue weighted by Crippen LogP contribution is 2.17. The highest BCUT2D eigenvalue weighted by atomic mass is 16.5. The van der Waals surface area contributed by atoms with Gasteiger partial charge in [-0.1, -0.05) is 30.3 Å². The van der Waals surface area contributed by atoms with Crippen LogP contribution in [0.15, 0.2) is 72.9 Å². The van der Waals surface area contributed by atoms with Crippen molar-refractivity contribution in [1.29, 1.82) is 0 Å². The highest BCUT2D eigenvalue weighted by molar-refractivity contribution is 6.01. The third-order valence-electron chi connectivity index (χ3n) is 5.18. The molecule has 0 unspecified atom stereocenters. The lowest BCUT2D eigenvalue weighted by atomic mass is 10.1. The number of benzene rings is 2. The van der Waals surface area contributed by atoms with Crippen LogP contribution in [0.3, 0.4) is 0 Å². The molecule has 0 atom stereocenters. The molecule has 0 radical (unpaired) electrons. The first kappa shape index (κ1) is 21.2. The van der Waals surface area contributed by atoms with Crippen LogP contribution in [-0.4, -0.2) is 27.6 Å². The van der Waals surface area contributed by atoms with E-state index in [2.05, 4.69) is 10.3 Å². The predicted molar refractivity (Wildman–Crippen MR) is 117 cm³/mol. The fourth-order valence-corrected chi connectivity index (χ4v) is 3.41. The molecular formula is C25H23N3O4. The third-order valence-corrected chi connectivity index (χ3v) is 5.18. The van der Waals surface area contributed by atoms with E-state index in [-0.39, 0.29) is 37.1 Å². The van der Waals surface area contributed by atoms with Crippen LogP contribution >= 0.6 is 0 Å². The summed E-state index contributed by atoms with van der Waals surface area (Å²) < 4.78 is 5.78. The van der Waals surface area contributed by atoms with Crippen LogP contribution in [0.4, 0.5) is 0 Å². The molecule has 3 amide bonds. The van der Waals surface area contributed by atoms with Crippen LogP contribution < -0.4 is 10.1 Å². The zero-order valence-corrected chi connectivity index (χ0v) is 17.5. The minimum atomic E-state index is -0.204. The first-order valence-corrected chi connectivity index (χ1v) is 10.4. The van der Waals surface area contributed by atoms with Gasteiger partial charge in [0.05, 0.1) is 12.2 Å². The Morgan fingerprint density at radius 2 is 1.72 bits per heavy atom. The van der Waals surface area contributed by atoms with Gasteiger partial charge in [-0.2, -0.15) is 0 Å². The molecule has 1 saturated heterocycles. The number of pyridine rings is 1. The van der Waals surface area contributed by atoms with Gasteiger partial charge in [-0.05, 0) is 47.5 Å². The average Bonchev–Trinajstić information content (AvgIpc) is 3.15. The van der Waals surface area contributed by atoms with Crippen molar-refractivity contribution in [1.82, 2.24) is 15.2 Å². The SMILES string of the molecule is O=C(NCc1cccc(OCc2ccccn2)c1)c1ccc(CN2C(=O)CCC2=O)cc1. The van der Waals surface area contributed by atoms with Gasteiger partial charge in [0.1, 0.15) is 12.4 Å². The lowest BCUT2D eigenvalue weighted by Gasteiger charge is -2.14. The van der Waals surface area contributed by atoms with E-state index in [1.54, 1.807) is 30.5 Å². The number of hydrogen-bond donors (Lipinski definition) is 1. The molecule has 0 saturated carbocycles. The molecule has 0 bridgehead atoms. The molecule has 4 rings (SSSR count). The Morgan fingerprint density at radius 1 is 0.938 bits per heavy atom. The van der Waals surface area contributed by atoms with Crippen molar-refractivity contribution in [2.45, 2.75) is 32.5 Å². The van der Waals surface area contributed by atoms with E-state index in [0.29, 0.717) is 24.5 Å². The number of likely N-dealkylation sites (tertiary alicyclic amines) is 1.